The number of hydrogen-bond acceptors (Lipinski definition) is 3. The summed E-state index contributed by atoms with van der Waals surface area (Å²) in [4.78, 5) is 4.31. The Kier molecular flexibility index (Phi) is 7.61. The molecule has 1 aliphatic heterocycles. The molecule has 1 aliphatic rings. The molecule has 1 unspecified atom stereocenters. The van der Waals surface area contributed by atoms with Gasteiger partial charge in [-0.1, -0.05) is 18.2 Å². The molecule has 0 aliphatic carbocycles. The smallest absolute Gasteiger partial charge is 0.401 e. The first-order valence-electron chi connectivity index (χ1n) is 11.5. The fourth-order valence-corrected chi connectivity index (χ4v) is 4.72. The van der Waals surface area contributed by atoms with Crippen molar-refractivity contribution in [2.24, 2.45) is 0 Å². The van der Waals surface area contributed by atoms with Crippen molar-refractivity contribution < 1.29 is 31.1 Å². The number of para-hydroxylation sites is 1. The minimum Gasteiger partial charge on any atom is -0.492 e. The summed E-state index contributed by atoms with van der Waals surface area (Å²) in [5.74, 6) is -2.41. The zero-order valence-corrected chi connectivity index (χ0v) is 19.2. The molecule has 2 heterocycles. The lowest BCUT2D eigenvalue weighted by molar-refractivity contribution is -0.155. The first kappa shape index (κ1) is 25.4. The lowest BCUT2D eigenvalue weighted by atomic mass is 9.88. The maximum absolute atomic E-state index is 15.2. The molecule has 0 spiro atoms. The van der Waals surface area contributed by atoms with E-state index in [-0.39, 0.29) is 17.9 Å². The Morgan fingerprint density at radius 3 is 2.66 bits per heavy atom. The van der Waals surface area contributed by atoms with Crippen molar-refractivity contribution in [1.82, 2.24) is 15.2 Å². The topological polar surface area (TPSA) is 40.3 Å². The Balaban J connectivity index is 1.74. The van der Waals surface area contributed by atoms with E-state index in [1.165, 1.54) is 6.07 Å². The van der Waals surface area contributed by atoms with Gasteiger partial charge in [-0.05, 0) is 44.0 Å². The molecule has 4 nitrogen and oxygen atoms in total. The van der Waals surface area contributed by atoms with E-state index in [1.54, 1.807) is 19.1 Å². The van der Waals surface area contributed by atoms with Gasteiger partial charge >= 0.3 is 6.18 Å². The third kappa shape index (κ3) is 5.59. The highest BCUT2D eigenvalue weighted by Gasteiger charge is 2.43. The van der Waals surface area contributed by atoms with Crippen LogP contribution >= 0.6 is 0 Å². The van der Waals surface area contributed by atoms with E-state index in [0.717, 1.165) is 27.4 Å². The van der Waals surface area contributed by atoms with Crippen LogP contribution in [-0.2, 0) is 6.42 Å². The molecule has 1 aromatic heterocycles. The lowest BCUT2D eigenvalue weighted by Crippen LogP contribution is -2.47. The highest BCUT2D eigenvalue weighted by atomic mass is 19.4. The van der Waals surface area contributed by atoms with Gasteiger partial charge in [-0.2, -0.15) is 13.2 Å². The molecule has 190 valence electrons. The summed E-state index contributed by atoms with van der Waals surface area (Å²) in [6, 6.07) is 7.66. The van der Waals surface area contributed by atoms with Gasteiger partial charge in [0.05, 0.1) is 19.3 Å². The van der Waals surface area contributed by atoms with Crippen molar-refractivity contribution >= 4 is 10.9 Å². The normalized spacial score (nSPS) is 18.7. The minimum absolute atomic E-state index is 0.00837. The number of rotatable bonds is 9. The SMILES string of the molecule is C[C@@H]1Cc2c([nH]c3ccccc23)C(c2cc(OCCNCCCF)cc(F)c2F)N1CC(F)(F)F. The van der Waals surface area contributed by atoms with Crippen LogP contribution in [0.5, 0.6) is 5.75 Å². The molecule has 0 radical (unpaired) electrons. The van der Waals surface area contributed by atoms with Crippen molar-refractivity contribution in [2.75, 3.05) is 32.9 Å². The largest absolute Gasteiger partial charge is 0.492 e. The average Bonchev–Trinajstić information content (AvgIpc) is 3.16. The Bertz CT molecular complexity index is 1160. The van der Waals surface area contributed by atoms with E-state index in [0.29, 0.717) is 31.6 Å². The van der Waals surface area contributed by atoms with Gasteiger partial charge in [0.2, 0.25) is 0 Å². The van der Waals surface area contributed by atoms with Gasteiger partial charge in [0.15, 0.2) is 11.6 Å². The van der Waals surface area contributed by atoms with Crippen LogP contribution in [0.1, 0.15) is 36.2 Å². The Hall–Kier alpha value is -2.72. The molecule has 0 fully saturated rings. The molecular formula is C25H27F6N3O. The molecular weight excluding hydrogens is 472 g/mol. The van der Waals surface area contributed by atoms with Crippen LogP contribution in [0.25, 0.3) is 10.9 Å². The monoisotopic (exact) mass is 499 g/mol. The van der Waals surface area contributed by atoms with Crippen LogP contribution in [0.3, 0.4) is 0 Å². The molecule has 4 rings (SSSR count). The third-order valence-corrected chi connectivity index (χ3v) is 6.24. The summed E-state index contributed by atoms with van der Waals surface area (Å²) in [6.07, 6.45) is -3.86. The van der Waals surface area contributed by atoms with Crippen LogP contribution in [-0.4, -0.2) is 55.0 Å². The second kappa shape index (κ2) is 10.5. The molecule has 10 heteroatoms. The highest BCUT2D eigenvalue weighted by Crippen LogP contribution is 2.43. The predicted molar refractivity (Wildman–Crippen MR) is 121 cm³/mol. The number of hydrogen-bond donors (Lipinski definition) is 2. The number of benzene rings is 2. The van der Waals surface area contributed by atoms with Crippen LogP contribution in [0.15, 0.2) is 36.4 Å². The number of fused-ring (bicyclic) bond motifs is 3. The minimum atomic E-state index is -4.54. The number of aromatic nitrogens is 1. The number of H-pyrrole nitrogens is 1. The number of nitrogens with zero attached hydrogens (tertiary/aromatic N) is 1. The Morgan fingerprint density at radius 2 is 1.91 bits per heavy atom. The lowest BCUT2D eigenvalue weighted by Gasteiger charge is -2.41. The highest BCUT2D eigenvalue weighted by molar-refractivity contribution is 5.85. The molecule has 2 N–H and O–H groups in total. The summed E-state index contributed by atoms with van der Waals surface area (Å²) in [5, 5.41) is 3.80. The van der Waals surface area contributed by atoms with Gasteiger partial charge < -0.3 is 15.0 Å². The summed E-state index contributed by atoms with van der Waals surface area (Å²) in [5.41, 5.74) is 1.70. The fourth-order valence-electron chi connectivity index (χ4n) is 4.72. The number of nitrogens with one attached hydrogen (secondary N) is 2. The molecule has 2 atom stereocenters. The number of aromatic amines is 1. The van der Waals surface area contributed by atoms with Gasteiger partial charge in [-0.15, -0.1) is 0 Å². The molecule has 3 aromatic rings. The van der Waals surface area contributed by atoms with E-state index < -0.39 is 43.1 Å². The summed E-state index contributed by atoms with van der Waals surface area (Å²) in [7, 11) is 0. The first-order chi connectivity index (χ1) is 16.7. The molecule has 0 amide bonds. The van der Waals surface area contributed by atoms with Gasteiger partial charge in [0.25, 0.3) is 0 Å². The van der Waals surface area contributed by atoms with Crippen LogP contribution in [0.4, 0.5) is 26.3 Å². The fraction of sp³-hybridized carbons (Fsp3) is 0.440. The van der Waals surface area contributed by atoms with Crippen molar-refractivity contribution in [3.8, 4) is 5.75 Å². The maximum atomic E-state index is 15.2. The number of alkyl halides is 4. The van der Waals surface area contributed by atoms with Gasteiger partial charge in [0.1, 0.15) is 12.4 Å². The number of halogens is 6. The van der Waals surface area contributed by atoms with E-state index in [9.17, 15) is 22.0 Å². The number of ether oxygens (including phenoxy) is 1. The van der Waals surface area contributed by atoms with Crippen molar-refractivity contribution in [1.29, 1.82) is 0 Å². The summed E-state index contributed by atoms with van der Waals surface area (Å²) < 4.78 is 88.2. The van der Waals surface area contributed by atoms with E-state index in [2.05, 4.69) is 10.3 Å². The van der Waals surface area contributed by atoms with Crippen molar-refractivity contribution in [2.45, 2.75) is 38.0 Å². The molecule has 0 saturated carbocycles. The quantitative estimate of drug-likeness (QED) is 0.294. The van der Waals surface area contributed by atoms with Crippen molar-refractivity contribution in [3.63, 3.8) is 0 Å². The van der Waals surface area contributed by atoms with E-state index >= 15 is 4.39 Å². The Morgan fingerprint density at radius 1 is 1.14 bits per heavy atom. The first-order valence-corrected chi connectivity index (χ1v) is 11.5. The predicted octanol–water partition coefficient (Wildman–Crippen LogP) is 5.67. The second-order valence-corrected chi connectivity index (χ2v) is 8.76. The van der Waals surface area contributed by atoms with Gasteiger partial charge in [-0.3, -0.25) is 9.29 Å². The molecule has 35 heavy (non-hydrogen) atoms. The average molecular weight is 499 g/mol. The van der Waals surface area contributed by atoms with Crippen LogP contribution in [0.2, 0.25) is 0 Å². The van der Waals surface area contributed by atoms with Crippen LogP contribution < -0.4 is 10.1 Å². The summed E-state index contributed by atoms with van der Waals surface area (Å²) in [6.45, 7) is 0.811. The van der Waals surface area contributed by atoms with Crippen molar-refractivity contribution in [3.05, 3.63) is 64.9 Å². The molecule has 2 aromatic carbocycles. The summed E-state index contributed by atoms with van der Waals surface area (Å²) >= 11 is 0. The standard InChI is InChI=1S/C25H27F6N3O/c1-15-11-18-17-5-2-3-6-21(17)33-23(18)24(34(15)14-25(29,30)31)19-12-16(13-20(27)22(19)28)35-10-9-32-8-4-7-26/h2-3,5-6,12-13,15,24,32-33H,4,7-11,14H2,1H3/t15-,24?/m1/s1. The van der Waals surface area contributed by atoms with Crippen LogP contribution in [0, 0.1) is 11.6 Å². The van der Waals surface area contributed by atoms with Gasteiger partial charge in [0, 0.05) is 40.8 Å². The maximum Gasteiger partial charge on any atom is 0.401 e. The molecule has 0 bridgehead atoms. The zero-order chi connectivity index (χ0) is 25.2. The van der Waals surface area contributed by atoms with E-state index in [1.807, 2.05) is 12.1 Å². The second-order valence-electron chi connectivity index (χ2n) is 8.76. The zero-order valence-electron chi connectivity index (χ0n) is 19.2. The van der Waals surface area contributed by atoms with E-state index in [4.69, 9.17) is 4.74 Å². The Labute approximate surface area is 199 Å². The third-order valence-electron chi connectivity index (χ3n) is 6.24. The molecule has 0 saturated heterocycles. The van der Waals surface area contributed by atoms with Gasteiger partial charge in [-0.25, -0.2) is 8.78 Å².